The first-order valence-electron chi connectivity index (χ1n) is 10.0. The van der Waals surface area contributed by atoms with Crippen LogP contribution in [0.15, 0.2) is 53.0 Å². The molecule has 0 atom stereocenters. The van der Waals surface area contributed by atoms with Gasteiger partial charge in [0.1, 0.15) is 12.4 Å². The van der Waals surface area contributed by atoms with Gasteiger partial charge in [-0.2, -0.15) is 13.2 Å². The van der Waals surface area contributed by atoms with Crippen molar-refractivity contribution in [1.82, 2.24) is 15.1 Å². The SMILES string of the molecule is O=C(CN(Cc1ccc(F)cc1)C(=O)c1cccc(Br)c1)N1CCNCC1.O=C(O)C(F)(F)F. The van der Waals surface area contributed by atoms with E-state index in [-0.39, 0.29) is 30.7 Å². The van der Waals surface area contributed by atoms with Gasteiger partial charge >= 0.3 is 12.1 Å². The lowest BCUT2D eigenvalue weighted by molar-refractivity contribution is -0.192. The molecule has 3 rings (SSSR count). The largest absolute Gasteiger partial charge is 0.490 e. The molecular weight excluding hydrogens is 526 g/mol. The van der Waals surface area contributed by atoms with Crippen LogP contribution < -0.4 is 5.32 Å². The number of aliphatic carboxylic acids is 1. The van der Waals surface area contributed by atoms with Crippen molar-refractivity contribution in [2.45, 2.75) is 12.7 Å². The number of benzene rings is 2. The molecule has 0 aliphatic carbocycles. The first-order valence-corrected chi connectivity index (χ1v) is 10.8. The molecule has 0 unspecified atom stereocenters. The molecule has 1 saturated heterocycles. The number of nitrogens with one attached hydrogen (secondary N) is 1. The molecule has 2 N–H and O–H groups in total. The molecular formula is C22H22BrF4N3O4. The lowest BCUT2D eigenvalue weighted by Crippen LogP contribution is -2.50. The Morgan fingerprint density at radius 2 is 1.65 bits per heavy atom. The number of nitrogens with zero attached hydrogens (tertiary/aromatic N) is 2. The van der Waals surface area contributed by atoms with E-state index in [9.17, 15) is 27.2 Å². The van der Waals surface area contributed by atoms with Crippen molar-refractivity contribution in [2.24, 2.45) is 0 Å². The minimum Gasteiger partial charge on any atom is -0.475 e. The summed E-state index contributed by atoms with van der Waals surface area (Å²) in [4.78, 5) is 37.9. The maximum absolute atomic E-state index is 13.2. The summed E-state index contributed by atoms with van der Waals surface area (Å²) in [6.07, 6.45) is -5.08. The van der Waals surface area contributed by atoms with Crippen molar-refractivity contribution in [1.29, 1.82) is 0 Å². The van der Waals surface area contributed by atoms with Crippen molar-refractivity contribution >= 4 is 33.7 Å². The van der Waals surface area contributed by atoms with Gasteiger partial charge in [-0.1, -0.05) is 34.1 Å². The summed E-state index contributed by atoms with van der Waals surface area (Å²) in [5, 5.41) is 10.3. The maximum atomic E-state index is 13.2. The third-order valence-corrected chi connectivity index (χ3v) is 5.18. The zero-order valence-electron chi connectivity index (χ0n) is 17.8. The molecule has 1 aliphatic heterocycles. The van der Waals surface area contributed by atoms with Gasteiger partial charge in [0.2, 0.25) is 5.91 Å². The lowest BCUT2D eigenvalue weighted by atomic mass is 10.1. The van der Waals surface area contributed by atoms with E-state index in [1.807, 2.05) is 6.07 Å². The number of carboxylic acids is 1. The van der Waals surface area contributed by atoms with Gasteiger partial charge in [-0.3, -0.25) is 9.59 Å². The van der Waals surface area contributed by atoms with Crippen LogP contribution in [0.2, 0.25) is 0 Å². The lowest BCUT2D eigenvalue weighted by Gasteiger charge is -2.30. The molecule has 2 amide bonds. The molecule has 2 aromatic carbocycles. The molecule has 0 bridgehead atoms. The molecule has 0 saturated carbocycles. The molecule has 0 radical (unpaired) electrons. The number of hydrogen-bond acceptors (Lipinski definition) is 4. The first kappa shape index (κ1) is 27.3. The first-order chi connectivity index (χ1) is 16.0. The standard InChI is InChI=1S/C20H21BrFN3O2.C2HF3O2/c21-17-3-1-2-16(12-17)20(27)25(13-15-4-6-18(22)7-5-15)14-19(26)24-10-8-23-9-11-24;3-2(4,5)1(6)7/h1-7,12,23H,8-11,13-14H2;(H,6,7). The number of carbonyl (C=O) groups excluding carboxylic acids is 2. The van der Waals surface area contributed by atoms with E-state index < -0.39 is 12.1 Å². The number of hydrogen-bond donors (Lipinski definition) is 2. The fraction of sp³-hybridized carbons (Fsp3) is 0.318. The number of alkyl halides is 3. The second kappa shape index (κ2) is 12.5. The summed E-state index contributed by atoms with van der Waals surface area (Å²) >= 11 is 3.37. The number of carboxylic acid groups (broad SMARTS) is 1. The number of halogens is 5. The summed E-state index contributed by atoms with van der Waals surface area (Å²) in [7, 11) is 0. The van der Waals surface area contributed by atoms with Gasteiger partial charge in [-0.15, -0.1) is 0 Å². The van der Waals surface area contributed by atoms with Gasteiger partial charge in [0.15, 0.2) is 0 Å². The third kappa shape index (κ3) is 8.75. The highest BCUT2D eigenvalue weighted by atomic mass is 79.9. The van der Waals surface area contributed by atoms with Crippen molar-refractivity contribution in [3.05, 3.63) is 69.9 Å². The molecule has 34 heavy (non-hydrogen) atoms. The summed E-state index contributed by atoms with van der Waals surface area (Å²) in [5.41, 5.74) is 1.27. The Morgan fingerprint density at radius 3 is 2.18 bits per heavy atom. The van der Waals surface area contributed by atoms with Crippen molar-refractivity contribution in [3.8, 4) is 0 Å². The van der Waals surface area contributed by atoms with Gasteiger partial charge in [-0.25, -0.2) is 9.18 Å². The van der Waals surface area contributed by atoms with Crippen LogP contribution in [-0.2, 0) is 16.1 Å². The quantitative estimate of drug-likeness (QED) is 0.560. The van der Waals surface area contributed by atoms with Crippen molar-refractivity contribution in [2.75, 3.05) is 32.7 Å². The minimum absolute atomic E-state index is 0.0112. The monoisotopic (exact) mass is 547 g/mol. The molecule has 12 heteroatoms. The van der Waals surface area contributed by atoms with Gasteiger partial charge in [0.25, 0.3) is 5.91 Å². The molecule has 184 valence electrons. The van der Waals surface area contributed by atoms with E-state index in [1.54, 1.807) is 35.2 Å². The summed E-state index contributed by atoms with van der Waals surface area (Å²) < 4.78 is 45.7. The van der Waals surface area contributed by atoms with Crippen LogP contribution in [0.5, 0.6) is 0 Å². The van der Waals surface area contributed by atoms with Crippen molar-refractivity contribution < 1.29 is 37.1 Å². The Kier molecular flexibility index (Phi) is 9.99. The van der Waals surface area contributed by atoms with Gasteiger partial charge in [-0.05, 0) is 35.9 Å². The van der Waals surface area contributed by atoms with Crippen LogP contribution in [-0.4, -0.2) is 71.6 Å². The molecule has 7 nitrogen and oxygen atoms in total. The van der Waals surface area contributed by atoms with Crippen LogP contribution in [0.3, 0.4) is 0 Å². The number of amides is 2. The maximum Gasteiger partial charge on any atom is 0.490 e. The molecule has 1 heterocycles. The van der Waals surface area contributed by atoms with E-state index in [1.165, 1.54) is 17.0 Å². The normalized spacial score (nSPS) is 13.5. The molecule has 2 aromatic rings. The Bertz CT molecular complexity index is 996. The highest BCUT2D eigenvalue weighted by Crippen LogP contribution is 2.16. The fourth-order valence-electron chi connectivity index (χ4n) is 2.99. The van der Waals surface area contributed by atoms with Crippen molar-refractivity contribution in [3.63, 3.8) is 0 Å². The molecule has 0 aromatic heterocycles. The predicted octanol–water partition coefficient (Wildman–Crippen LogP) is 3.30. The van der Waals surface area contributed by atoms with E-state index in [0.717, 1.165) is 23.1 Å². The highest BCUT2D eigenvalue weighted by molar-refractivity contribution is 9.10. The average Bonchev–Trinajstić information content (AvgIpc) is 2.80. The zero-order chi connectivity index (χ0) is 25.3. The second-order valence-electron chi connectivity index (χ2n) is 7.23. The summed E-state index contributed by atoms with van der Waals surface area (Å²) in [6.45, 7) is 3.00. The van der Waals surface area contributed by atoms with Gasteiger partial charge < -0.3 is 20.2 Å². The Morgan fingerprint density at radius 1 is 1.06 bits per heavy atom. The average molecular weight is 548 g/mol. The van der Waals surface area contributed by atoms with E-state index >= 15 is 0 Å². The second-order valence-corrected chi connectivity index (χ2v) is 8.15. The van der Waals surface area contributed by atoms with Crippen LogP contribution in [0, 0.1) is 5.82 Å². The Hall–Kier alpha value is -2.99. The molecule has 1 aliphatic rings. The van der Waals surface area contributed by atoms with Crippen LogP contribution in [0.4, 0.5) is 17.6 Å². The van der Waals surface area contributed by atoms with E-state index in [2.05, 4.69) is 21.2 Å². The summed E-state index contributed by atoms with van der Waals surface area (Å²) in [5.74, 6) is -3.40. The number of piperazine rings is 1. The van der Waals surface area contributed by atoms with E-state index in [4.69, 9.17) is 9.90 Å². The third-order valence-electron chi connectivity index (χ3n) is 4.68. The van der Waals surface area contributed by atoms with Gasteiger partial charge in [0, 0.05) is 42.8 Å². The topological polar surface area (TPSA) is 90.0 Å². The van der Waals surface area contributed by atoms with Gasteiger partial charge in [0.05, 0.1) is 0 Å². The van der Waals surface area contributed by atoms with Crippen LogP contribution in [0.25, 0.3) is 0 Å². The number of rotatable bonds is 5. The molecule has 1 fully saturated rings. The smallest absolute Gasteiger partial charge is 0.475 e. The molecule has 0 spiro atoms. The highest BCUT2D eigenvalue weighted by Gasteiger charge is 2.38. The number of carbonyl (C=O) groups is 3. The fourth-order valence-corrected chi connectivity index (χ4v) is 3.39. The predicted molar refractivity (Wildman–Crippen MR) is 118 cm³/mol. The Labute approximate surface area is 201 Å². The van der Waals surface area contributed by atoms with Crippen LogP contribution in [0.1, 0.15) is 15.9 Å². The van der Waals surface area contributed by atoms with Crippen LogP contribution >= 0.6 is 15.9 Å². The summed E-state index contributed by atoms with van der Waals surface area (Å²) in [6, 6.07) is 13.1. The minimum atomic E-state index is -5.08. The van der Waals surface area contributed by atoms with E-state index in [0.29, 0.717) is 18.7 Å². The zero-order valence-corrected chi connectivity index (χ0v) is 19.4. The Balaban J connectivity index is 0.000000509.